The van der Waals surface area contributed by atoms with E-state index in [0.717, 1.165) is 0 Å². The summed E-state index contributed by atoms with van der Waals surface area (Å²) in [6.45, 7) is 1.93. The number of carboxylic acid groups (broad SMARTS) is 1. The Hall–Kier alpha value is -2.22. The summed E-state index contributed by atoms with van der Waals surface area (Å²) in [7, 11) is 0. The van der Waals surface area contributed by atoms with Gasteiger partial charge in [0.2, 0.25) is 0 Å². The van der Waals surface area contributed by atoms with Crippen molar-refractivity contribution in [1.82, 2.24) is 19.5 Å². The van der Waals surface area contributed by atoms with E-state index in [1.165, 1.54) is 6.33 Å². The summed E-state index contributed by atoms with van der Waals surface area (Å²) in [5, 5.41) is 9.01. The number of hydrogen-bond donors (Lipinski definition) is 2. The van der Waals surface area contributed by atoms with Crippen LogP contribution < -0.4 is 5.73 Å². The van der Waals surface area contributed by atoms with Crippen LogP contribution in [0.25, 0.3) is 11.2 Å². The molecule has 0 radical (unpaired) electrons. The molecule has 0 saturated carbocycles. The second-order valence-electron chi connectivity index (χ2n) is 4.65. The van der Waals surface area contributed by atoms with Gasteiger partial charge in [-0.3, -0.25) is 4.57 Å². The zero-order valence-corrected chi connectivity index (χ0v) is 10.2. The number of ether oxygens (including phenoxy) is 1. The van der Waals surface area contributed by atoms with Crippen molar-refractivity contribution in [3.8, 4) is 0 Å². The van der Waals surface area contributed by atoms with Crippen LogP contribution in [0.2, 0.25) is 0 Å². The molecule has 19 heavy (non-hydrogen) atoms. The molecule has 3 atom stereocenters. The van der Waals surface area contributed by atoms with Crippen molar-refractivity contribution in [3.63, 3.8) is 0 Å². The van der Waals surface area contributed by atoms with Crippen LogP contribution in [0.3, 0.4) is 0 Å². The van der Waals surface area contributed by atoms with Gasteiger partial charge in [0.25, 0.3) is 0 Å². The van der Waals surface area contributed by atoms with Crippen molar-refractivity contribution in [2.45, 2.75) is 25.7 Å². The van der Waals surface area contributed by atoms with E-state index in [4.69, 9.17) is 15.6 Å². The standard InChI is InChI=1S/C11H13N5O3/c1-5-2-6(11(17)18)19-10(5)16-4-15-7-8(12)13-3-14-9(7)16/h3-6,10H,2H2,1H3,(H,17,18)(H2,12,13,14)/t5-,6-,10+/m0/s1. The molecule has 0 amide bonds. The number of carbonyl (C=O) groups is 1. The summed E-state index contributed by atoms with van der Waals surface area (Å²) in [5.74, 6) is -0.605. The van der Waals surface area contributed by atoms with Gasteiger partial charge in [-0.1, -0.05) is 6.92 Å². The van der Waals surface area contributed by atoms with Crippen molar-refractivity contribution in [3.05, 3.63) is 12.7 Å². The number of aromatic nitrogens is 4. The Kier molecular flexibility index (Phi) is 2.59. The zero-order valence-electron chi connectivity index (χ0n) is 10.2. The summed E-state index contributed by atoms with van der Waals surface area (Å²) < 4.78 is 7.26. The van der Waals surface area contributed by atoms with Gasteiger partial charge in [-0.15, -0.1) is 0 Å². The van der Waals surface area contributed by atoms with Crippen LogP contribution in [0.1, 0.15) is 19.6 Å². The number of nitrogens with zero attached hydrogens (tertiary/aromatic N) is 4. The van der Waals surface area contributed by atoms with Gasteiger partial charge in [0.1, 0.15) is 18.1 Å². The first-order chi connectivity index (χ1) is 9.08. The maximum Gasteiger partial charge on any atom is 0.332 e. The highest BCUT2D eigenvalue weighted by molar-refractivity contribution is 5.81. The third-order valence-corrected chi connectivity index (χ3v) is 3.31. The highest BCUT2D eigenvalue weighted by Gasteiger charge is 2.38. The van der Waals surface area contributed by atoms with Crippen LogP contribution in [-0.4, -0.2) is 36.7 Å². The van der Waals surface area contributed by atoms with Gasteiger partial charge < -0.3 is 15.6 Å². The molecular weight excluding hydrogens is 250 g/mol. The third-order valence-electron chi connectivity index (χ3n) is 3.31. The summed E-state index contributed by atoms with van der Waals surface area (Å²) in [5.41, 5.74) is 6.77. The molecule has 3 heterocycles. The Labute approximate surface area is 108 Å². The minimum Gasteiger partial charge on any atom is -0.479 e. The summed E-state index contributed by atoms with van der Waals surface area (Å²) >= 11 is 0. The van der Waals surface area contributed by atoms with Gasteiger partial charge in [-0.25, -0.2) is 19.7 Å². The van der Waals surface area contributed by atoms with Gasteiger partial charge in [0.05, 0.1) is 6.33 Å². The average molecular weight is 263 g/mol. The number of carboxylic acids is 1. The van der Waals surface area contributed by atoms with Gasteiger partial charge in [-0.05, 0) is 6.42 Å². The number of aliphatic carboxylic acids is 1. The topological polar surface area (TPSA) is 116 Å². The molecule has 0 unspecified atom stereocenters. The molecule has 1 aliphatic rings. The van der Waals surface area contributed by atoms with Gasteiger partial charge >= 0.3 is 5.97 Å². The van der Waals surface area contributed by atoms with E-state index >= 15 is 0 Å². The Morgan fingerprint density at radius 3 is 3.00 bits per heavy atom. The van der Waals surface area contributed by atoms with Crippen LogP contribution in [0.15, 0.2) is 12.7 Å². The molecule has 0 aromatic carbocycles. The van der Waals surface area contributed by atoms with Crippen molar-refractivity contribution in [2.75, 3.05) is 5.73 Å². The molecule has 1 saturated heterocycles. The molecule has 8 heteroatoms. The number of imidazole rings is 1. The van der Waals surface area contributed by atoms with Crippen molar-refractivity contribution < 1.29 is 14.6 Å². The van der Waals surface area contributed by atoms with Crippen LogP contribution in [0.5, 0.6) is 0 Å². The molecule has 1 fully saturated rings. The van der Waals surface area contributed by atoms with E-state index < -0.39 is 18.3 Å². The molecule has 1 aliphatic heterocycles. The summed E-state index contributed by atoms with van der Waals surface area (Å²) in [6.07, 6.45) is 2.17. The molecule has 100 valence electrons. The van der Waals surface area contributed by atoms with E-state index in [2.05, 4.69) is 15.0 Å². The fraction of sp³-hybridized carbons (Fsp3) is 0.455. The first-order valence-corrected chi connectivity index (χ1v) is 5.89. The molecule has 0 aliphatic carbocycles. The second-order valence-corrected chi connectivity index (χ2v) is 4.65. The minimum absolute atomic E-state index is 0.0506. The lowest BCUT2D eigenvalue weighted by Gasteiger charge is -2.16. The van der Waals surface area contributed by atoms with E-state index in [9.17, 15) is 4.79 Å². The van der Waals surface area contributed by atoms with Crippen molar-refractivity contribution in [2.24, 2.45) is 5.92 Å². The first kappa shape index (κ1) is 11.8. The molecule has 0 bridgehead atoms. The largest absolute Gasteiger partial charge is 0.479 e. The molecule has 3 N–H and O–H groups in total. The van der Waals surface area contributed by atoms with E-state index in [0.29, 0.717) is 23.4 Å². The predicted molar refractivity (Wildman–Crippen MR) is 65.1 cm³/mol. The fourth-order valence-corrected chi connectivity index (χ4v) is 2.37. The number of rotatable bonds is 2. The van der Waals surface area contributed by atoms with E-state index in [1.807, 2.05) is 6.92 Å². The summed E-state index contributed by atoms with van der Waals surface area (Å²) in [4.78, 5) is 23.1. The monoisotopic (exact) mass is 263 g/mol. The first-order valence-electron chi connectivity index (χ1n) is 5.89. The molecule has 2 aromatic rings. The molecule has 2 aromatic heterocycles. The fourth-order valence-electron chi connectivity index (χ4n) is 2.37. The Balaban J connectivity index is 2.01. The third kappa shape index (κ3) is 1.80. The Morgan fingerprint density at radius 2 is 2.32 bits per heavy atom. The highest BCUT2D eigenvalue weighted by atomic mass is 16.5. The molecule has 0 spiro atoms. The van der Waals surface area contributed by atoms with Gasteiger partial charge in [0.15, 0.2) is 17.6 Å². The second kappa shape index (κ2) is 4.16. The lowest BCUT2D eigenvalue weighted by Crippen LogP contribution is -2.20. The Bertz CT molecular complexity index is 640. The SMILES string of the molecule is C[C@H]1C[C@@H](C(=O)O)O[C@H]1n1cnc2c(N)ncnc21. The predicted octanol–water partition coefficient (Wildman–Crippen LogP) is 0.417. The Morgan fingerprint density at radius 1 is 1.53 bits per heavy atom. The average Bonchev–Trinajstić information content (AvgIpc) is 2.93. The lowest BCUT2D eigenvalue weighted by atomic mass is 10.1. The quantitative estimate of drug-likeness (QED) is 0.806. The van der Waals surface area contributed by atoms with Crippen molar-refractivity contribution >= 4 is 23.0 Å². The van der Waals surface area contributed by atoms with Crippen molar-refractivity contribution in [1.29, 1.82) is 0 Å². The van der Waals surface area contributed by atoms with Gasteiger partial charge in [0, 0.05) is 5.92 Å². The molecule has 8 nitrogen and oxygen atoms in total. The number of nitrogens with two attached hydrogens (primary N) is 1. The van der Waals surface area contributed by atoms with E-state index in [1.54, 1.807) is 10.9 Å². The number of fused-ring (bicyclic) bond motifs is 1. The van der Waals surface area contributed by atoms with E-state index in [-0.39, 0.29) is 5.92 Å². The van der Waals surface area contributed by atoms with Crippen LogP contribution in [0.4, 0.5) is 5.82 Å². The maximum atomic E-state index is 11.0. The summed E-state index contributed by atoms with van der Waals surface area (Å²) in [6, 6.07) is 0. The highest BCUT2D eigenvalue weighted by Crippen LogP contribution is 2.35. The van der Waals surface area contributed by atoms with Crippen LogP contribution in [0, 0.1) is 5.92 Å². The normalized spacial score (nSPS) is 26.9. The number of anilines is 1. The number of hydrogen-bond acceptors (Lipinski definition) is 6. The maximum absolute atomic E-state index is 11.0. The van der Waals surface area contributed by atoms with Crippen LogP contribution in [-0.2, 0) is 9.53 Å². The molecular formula is C11H13N5O3. The smallest absolute Gasteiger partial charge is 0.332 e. The van der Waals surface area contributed by atoms with Crippen LogP contribution >= 0.6 is 0 Å². The minimum atomic E-state index is -0.951. The number of nitrogen functional groups attached to an aromatic ring is 1. The zero-order chi connectivity index (χ0) is 13.6. The lowest BCUT2D eigenvalue weighted by molar-refractivity contribution is -0.151. The van der Waals surface area contributed by atoms with Gasteiger partial charge in [-0.2, -0.15) is 0 Å². The molecule has 3 rings (SSSR count).